The number of hydrogen-bond donors (Lipinski definition) is 1. The van der Waals surface area contributed by atoms with Gasteiger partial charge in [-0.3, -0.25) is 9.89 Å². The molecule has 1 N–H and O–H groups in total. The maximum atomic E-state index is 13.0. The van der Waals surface area contributed by atoms with Crippen LogP contribution in [0.4, 0.5) is 5.69 Å². The van der Waals surface area contributed by atoms with E-state index < -0.39 is 0 Å². The number of carbonyl (C=O) groups excluding carboxylic acids is 1. The fourth-order valence-corrected chi connectivity index (χ4v) is 3.81. The zero-order valence-corrected chi connectivity index (χ0v) is 17.9. The van der Waals surface area contributed by atoms with E-state index in [0.29, 0.717) is 12.2 Å². The molecule has 1 aliphatic heterocycles. The molecular formula is C22H23BrN4O2. The van der Waals surface area contributed by atoms with Crippen molar-refractivity contribution >= 4 is 27.5 Å². The lowest BCUT2D eigenvalue weighted by molar-refractivity contribution is 0.0761. The molecule has 0 bridgehead atoms. The van der Waals surface area contributed by atoms with Crippen molar-refractivity contribution in [2.45, 2.75) is 6.42 Å². The maximum absolute atomic E-state index is 13.0. The standard InChI is InChI=1S/C22H23BrN4O2/c1-29-19-9-7-18(8-10-19)26-11-2-12-27(14-13-26)22(28)21-15-20(24-25-21)16-3-5-17(23)6-4-16/h3-10,15H,2,11-14H2,1H3,(H,24,25). The first kappa shape index (κ1) is 19.5. The van der Waals surface area contributed by atoms with Crippen LogP contribution in [-0.4, -0.2) is 54.3 Å². The largest absolute Gasteiger partial charge is 0.497 e. The van der Waals surface area contributed by atoms with Gasteiger partial charge in [-0.2, -0.15) is 5.10 Å². The Morgan fingerprint density at radius 2 is 1.79 bits per heavy atom. The van der Waals surface area contributed by atoms with Gasteiger partial charge < -0.3 is 14.5 Å². The van der Waals surface area contributed by atoms with E-state index in [1.807, 2.05) is 47.4 Å². The zero-order chi connectivity index (χ0) is 20.2. The maximum Gasteiger partial charge on any atom is 0.271 e. The first-order valence-electron chi connectivity index (χ1n) is 9.63. The second kappa shape index (κ2) is 8.69. The number of carbonyl (C=O) groups is 1. The summed E-state index contributed by atoms with van der Waals surface area (Å²) in [5.41, 5.74) is 3.43. The summed E-state index contributed by atoms with van der Waals surface area (Å²) in [5, 5.41) is 7.24. The van der Waals surface area contributed by atoms with Crippen LogP contribution in [0.2, 0.25) is 0 Å². The molecule has 6 nitrogen and oxygen atoms in total. The highest BCUT2D eigenvalue weighted by atomic mass is 79.9. The van der Waals surface area contributed by atoms with Crippen LogP contribution >= 0.6 is 15.9 Å². The van der Waals surface area contributed by atoms with Crippen molar-refractivity contribution in [2.24, 2.45) is 0 Å². The van der Waals surface area contributed by atoms with Crippen LogP contribution < -0.4 is 9.64 Å². The molecule has 1 aromatic heterocycles. The number of H-pyrrole nitrogens is 1. The Morgan fingerprint density at radius 3 is 2.52 bits per heavy atom. The number of rotatable bonds is 4. The molecule has 150 valence electrons. The summed E-state index contributed by atoms with van der Waals surface area (Å²) in [6.07, 6.45) is 0.922. The van der Waals surface area contributed by atoms with Gasteiger partial charge in [0.2, 0.25) is 0 Å². The summed E-state index contributed by atoms with van der Waals surface area (Å²) < 4.78 is 6.25. The number of hydrogen-bond acceptors (Lipinski definition) is 4. The third-order valence-corrected chi connectivity index (χ3v) is 5.70. The Morgan fingerprint density at radius 1 is 1.03 bits per heavy atom. The van der Waals surface area contributed by atoms with Crippen LogP contribution in [0.25, 0.3) is 11.3 Å². The highest BCUT2D eigenvalue weighted by Gasteiger charge is 2.22. The second-order valence-corrected chi connectivity index (χ2v) is 7.92. The van der Waals surface area contributed by atoms with Crippen molar-refractivity contribution in [1.29, 1.82) is 0 Å². The van der Waals surface area contributed by atoms with Gasteiger partial charge in [-0.1, -0.05) is 28.1 Å². The number of nitrogens with one attached hydrogen (secondary N) is 1. The van der Waals surface area contributed by atoms with Crippen molar-refractivity contribution in [1.82, 2.24) is 15.1 Å². The first-order chi connectivity index (χ1) is 14.1. The number of nitrogens with zero attached hydrogens (tertiary/aromatic N) is 3. The van der Waals surface area contributed by atoms with E-state index in [-0.39, 0.29) is 5.91 Å². The molecule has 1 fully saturated rings. The predicted molar refractivity (Wildman–Crippen MR) is 117 cm³/mol. The molecule has 0 aliphatic carbocycles. The molecule has 0 radical (unpaired) electrons. The van der Waals surface area contributed by atoms with Gasteiger partial charge in [0, 0.05) is 41.9 Å². The van der Waals surface area contributed by atoms with E-state index in [9.17, 15) is 4.79 Å². The van der Waals surface area contributed by atoms with Gasteiger partial charge >= 0.3 is 0 Å². The number of aromatic amines is 1. The minimum absolute atomic E-state index is 0.00237. The Labute approximate surface area is 178 Å². The molecule has 0 atom stereocenters. The summed E-state index contributed by atoms with van der Waals surface area (Å²) >= 11 is 3.44. The van der Waals surface area contributed by atoms with E-state index >= 15 is 0 Å². The second-order valence-electron chi connectivity index (χ2n) is 7.00. The Bertz CT molecular complexity index is 969. The van der Waals surface area contributed by atoms with Crippen LogP contribution in [0, 0.1) is 0 Å². The van der Waals surface area contributed by atoms with E-state index in [0.717, 1.165) is 53.2 Å². The number of ether oxygens (including phenoxy) is 1. The van der Waals surface area contributed by atoms with E-state index in [4.69, 9.17) is 4.74 Å². The molecule has 29 heavy (non-hydrogen) atoms. The number of benzene rings is 2. The Kier molecular flexibility index (Phi) is 5.85. The lowest BCUT2D eigenvalue weighted by Gasteiger charge is -2.23. The van der Waals surface area contributed by atoms with Gasteiger partial charge in [-0.15, -0.1) is 0 Å². The number of aromatic nitrogens is 2. The van der Waals surface area contributed by atoms with Crippen LogP contribution in [0.3, 0.4) is 0 Å². The van der Waals surface area contributed by atoms with E-state index in [1.54, 1.807) is 7.11 Å². The Hall–Kier alpha value is -2.80. The lowest BCUT2D eigenvalue weighted by atomic mass is 10.1. The van der Waals surface area contributed by atoms with Crippen molar-refractivity contribution in [3.8, 4) is 17.0 Å². The molecule has 0 unspecified atom stereocenters. The molecule has 1 amide bonds. The average molecular weight is 455 g/mol. The number of amides is 1. The third kappa shape index (κ3) is 4.45. The van der Waals surface area contributed by atoms with Crippen LogP contribution in [0.1, 0.15) is 16.9 Å². The fraction of sp³-hybridized carbons (Fsp3) is 0.273. The molecule has 7 heteroatoms. The van der Waals surface area contributed by atoms with Crippen LogP contribution in [0.15, 0.2) is 59.1 Å². The highest BCUT2D eigenvalue weighted by molar-refractivity contribution is 9.10. The van der Waals surface area contributed by atoms with Gasteiger partial charge in [0.05, 0.1) is 12.8 Å². The summed E-state index contributed by atoms with van der Waals surface area (Å²) in [7, 11) is 1.67. The Balaban J connectivity index is 1.42. The fourth-order valence-electron chi connectivity index (χ4n) is 3.54. The molecule has 1 aliphatic rings. The van der Waals surface area contributed by atoms with Crippen molar-refractivity contribution in [3.63, 3.8) is 0 Å². The molecule has 2 aromatic carbocycles. The number of anilines is 1. The minimum Gasteiger partial charge on any atom is -0.497 e. The SMILES string of the molecule is COc1ccc(N2CCCN(C(=O)c3cc(-c4ccc(Br)cc4)n[nH]3)CC2)cc1. The molecule has 1 saturated heterocycles. The van der Waals surface area contributed by atoms with E-state index in [2.05, 4.69) is 43.2 Å². The zero-order valence-electron chi connectivity index (χ0n) is 16.3. The minimum atomic E-state index is -0.00237. The van der Waals surface area contributed by atoms with Gasteiger partial charge in [0.25, 0.3) is 5.91 Å². The van der Waals surface area contributed by atoms with Crippen molar-refractivity contribution in [3.05, 3.63) is 64.8 Å². The summed E-state index contributed by atoms with van der Waals surface area (Å²) in [5.74, 6) is 0.846. The normalized spacial score (nSPS) is 14.6. The van der Waals surface area contributed by atoms with Gasteiger partial charge in [0.1, 0.15) is 11.4 Å². The van der Waals surface area contributed by atoms with Crippen LogP contribution in [0.5, 0.6) is 5.75 Å². The van der Waals surface area contributed by atoms with Crippen LogP contribution in [-0.2, 0) is 0 Å². The highest BCUT2D eigenvalue weighted by Crippen LogP contribution is 2.23. The van der Waals surface area contributed by atoms with Gasteiger partial charge in [0.15, 0.2) is 0 Å². The summed E-state index contributed by atoms with van der Waals surface area (Å²) in [6, 6.07) is 17.8. The number of halogens is 1. The first-order valence-corrected chi connectivity index (χ1v) is 10.4. The van der Waals surface area contributed by atoms with E-state index in [1.165, 1.54) is 0 Å². The van der Waals surface area contributed by atoms with Gasteiger partial charge in [-0.25, -0.2) is 0 Å². The summed E-state index contributed by atoms with van der Waals surface area (Å²) in [6.45, 7) is 3.13. The molecule has 0 spiro atoms. The predicted octanol–water partition coefficient (Wildman–Crippen LogP) is 4.20. The topological polar surface area (TPSA) is 61.5 Å². The van der Waals surface area contributed by atoms with Crippen molar-refractivity contribution in [2.75, 3.05) is 38.2 Å². The third-order valence-electron chi connectivity index (χ3n) is 5.17. The molecule has 4 rings (SSSR count). The van der Waals surface area contributed by atoms with Crippen molar-refractivity contribution < 1.29 is 9.53 Å². The quantitative estimate of drug-likeness (QED) is 0.641. The van der Waals surface area contributed by atoms with Gasteiger partial charge in [-0.05, 0) is 48.9 Å². The molecular weight excluding hydrogens is 432 g/mol. The average Bonchev–Trinajstić information content (AvgIpc) is 3.12. The lowest BCUT2D eigenvalue weighted by Crippen LogP contribution is -2.35. The monoisotopic (exact) mass is 454 g/mol. The molecule has 2 heterocycles. The smallest absolute Gasteiger partial charge is 0.271 e. The molecule has 0 saturated carbocycles. The summed E-state index contributed by atoms with van der Waals surface area (Å²) in [4.78, 5) is 17.2. The molecule has 3 aromatic rings. The number of methoxy groups -OCH3 is 1.